The minimum absolute atomic E-state index is 0.690. The van der Waals surface area contributed by atoms with Crippen LogP contribution in [0.2, 0.25) is 5.15 Å². The molecule has 2 aromatic rings. The molecule has 1 atom stereocenters. The molecular formula is C12H13ClN2S. The Morgan fingerprint density at radius 2 is 2.44 bits per heavy atom. The van der Waals surface area contributed by atoms with Gasteiger partial charge in [0.1, 0.15) is 0 Å². The van der Waals surface area contributed by atoms with Gasteiger partial charge in [0.15, 0.2) is 11.0 Å². The van der Waals surface area contributed by atoms with Crippen LogP contribution in [0.1, 0.15) is 19.0 Å². The molecule has 0 aliphatic carbocycles. The molecule has 84 valence electrons. The number of aromatic nitrogens is 2. The highest BCUT2D eigenvalue weighted by molar-refractivity contribution is 7.13. The van der Waals surface area contributed by atoms with Crippen molar-refractivity contribution in [2.75, 3.05) is 0 Å². The van der Waals surface area contributed by atoms with Crippen molar-refractivity contribution in [1.82, 2.24) is 9.55 Å². The smallest absolute Gasteiger partial charge is 0.152 e. The van der Waals surface area contributed by atoms with Crippen molar-refractivity contribution in [3.63, 3.8) is 0 Å². The van der Waals surface area contributed by atoms with Crippen LogP contribution in [0.15, 0.2) is 17.5 Å². The second-order valence-corrected chi connectivity index (χ2v) is 5.71. The third-order valence-corrected chi connectivity index (χ3v) is 4.30. The van der Waals surface area contributed by atoms with Crippen molar-refractivity contribution in [1.29, 1.82) is 0 Å². The van der Waals surface area contributed by atoms with E-state index < -0.39 is 0 Å². The standard InChI is InChI=1S/C12H13ClN2S/c1-8-4-5-9-11(13)14-12(15(9)7-8)10-3-2-6-16-10/h2-3,6,8H,4-5,7H2,1H3. The monoisotopic (exact) mass is 252 g/mol. The van der Waals surface area contributed by atoms with Crippen molar-refractivity contribution in [2.45, 2.75) is 26.3 Å². The van der Waals surface area contributed by atoms with Gasteiger partial charge in [-0.25, -0.2) is 4.98 Å². The molecule has 0 spiro atoms. The topological polar surface area (TPSA) is 17.8 Å². The second kappa shape index (κ2) is 3.90. The average molecular weight is 253 g/mol. The molecule has 2 aromatic heterocycles. The van der Waals surface area contributed by atoms with Gasteiger partial charge in [-0.1, -0.05) is 24.6 Å². The van der Waals surface area contributed by atoms with Crippen molar-refractivity contribution < 1.29 is 0 Å². The van der Waals surface area contributed by atoms with Gasteiger partial charge in [-0.15, -0.1) is 11.3 Å². The lowest BCUT2D eigenvalue weighted by Crippen LogP contribution is -2.18. The zero-order valence-corrected chi connectivity index (χ0v) is 10.7. The van der Waals surface area contributed by atoms with E-state index in [9.17, 15) is 0 Å². The van der Waals surface area contributed by atoms with E-state index >= 15 is 0 Å². The van der Waals surface area contributed by atoms with Gasteiger partial charge in [-0.05, 0) is 30.2 Å². The first-order valence-corrected chi connectivity index (χ1v) is 6.80. The summed E-state index contributed by atoms with van der Waals surface area (Å²) >= 11 is 7.92. The lowest BCUT2D eigenvalue weighted by atomic mass is 10.0. The van der Waals surface area contributed by atoms with Crippen LogP contribution in [0.5, 0.6) is 0 Å². The summed E-state index contributed by atoms with van der Waals surface area (Å²) in [7, 11) is 0. The Bertz CT molecular complexity index is 501. The molecule has 4 heteroatoms. The number of hydrogen-bond acceptors (Lipinski definition) is 2. The summed E-state index contributed by atoms with van der Waals surface area (Å²) < 4.78 is 2.29. The summed E-state index contributed by atoms with van der Waals surface area (Å²) in [5, 5.41) is 2.77. The fourth-order valence-electron chi connectivity index (χ4n) is 2.27. The summed E-state index contributed by atoms with van der Waals surface area (Å²) in [5.74, 6) is 1.76. The third-order valence-electron chi connectivity index (χ3n) is 3.13. The largest absolute Gasteiger partial charge is 0.326 e. The van der Waals surface area contributed by atoms with Crippen LogP contribution in [0, 0.1) is 5.92 Å². The minimum Gasteiger partial charge on any atom is -0.326 e. The van der Waals surface area contributed by atoms with Gasteiger partial charge in [-0.3, -0.25) is 0 Å². The predicted molar refractivity (Wildman–Crippen MR) is 68.0 cm³/mol. The molecule has 0 N–H and O–H groups in total. The van der Waals surface area contributed by atoms with E-state index in [-0.39, 0.29) is 0 Å². The van der Waals surface area contributed by atoms with Crippen LogP contribution in [0.3, 0.4) is 0 Å². The van der Waals surface area contributed by atoms with E-state index in [1.54, 1.807) is 11.3 Å². The van der Waals surface area contributed by atoms with Crippen LogP contribution in [0.4, 0.5) is 0 Å². The summed E-state index contributed by atoms with van der Waals surface area (Å²) in [5.41, 5.74) is 1.21. The van der Waals surface area contributed by atoms with E-state index in [1.165, 1.54) is 17.0 Å². The average Bonchev–Trinajstić information content (AvgIpc) is 2.86. The molecule has 1 aliphatic heterocycles. The molecule has 2 nitrogen and oxygen atoms in total. The first-order chi connectivity index (χ1) is 7.75. The van der Waals surface area contributed by atoms with E-state index in [0.29, 0.717) is 5.15 Å². The van der Waals surface area contributed by atoms with Crippen molar-refractivity contribution in [3.8, 4) is 10.7 Å². The molecule has 3 heterocycles. The summed E-state index contributed by atoms with van der Waals surface area (Å²) in [6.07, 6.45) is 2.27. The molecule has 0 saturated carbocycles. The van der Waals surface area contributed by atoms with Gasteiger partial charge in [0.2, 0.25) is 0 Å². The lowest BCUT2D eigenvalue weighted by Gasteiger charge is -2.22. The zero-order chi connectivity index (χ0) is 11.1. The Kier molecular flexibility index (Phi) is 2.52. The van der Waals surface area contributed by atoms with Gasteiger partial charge >= 0.3 is 0 Å². The van der Waals surface area contributed by atoms with E-state index in [0.717, 1.165) is 24.7 Å². The Morgan fingerprint density at radius 1 is 1.56 bits per heavy atom. The maximum absolute atomic E-state index is 6.20. The summed E-state index contributed by atoms with van der Waals surface area (Å²) in [4.78, 5) is 5.72. The molecule has 3 rings (SSSR count). The molecule has 1 unspecified atom stereocenters. The van der Waals surface area contributed by atoms with E-state index in [2.05, 4.69) is 34.0 Å². The Labute approximate surface area is 104 Å². The second-order valence-electron chi connectivity index (χ2n) is 4.40. The first kappa shape index (κ1) is 10.4. The molecule has 0 fully saturated rings. The Morgan fingerprint density at radius 3 is 3.19 bits per heavy atom. The van der Waals surface area contributed by atoms with Gasteiger partial charge in [0, 0.05) is 6.54 Å². The maximum Gasteiger partial charge on any atom is 0.152 e. The zero-order valence-electron chi connectivity index (χ0n) is 9.11. The molecule has 0 saturated heterocycles. The van der Waals surface area contributed by atoms with Crippen molar-refractivity contribution in [2.24, 2.45) is 5.92 Å². The van der Waals surface area contributed by atoms with Crippen molar-refractivity contribution >= 4 is 22.9 Å². The number of rotatable bonds is 1. The van der Waals surface area contributed by atoms with Crippen LogP contribution in [-0.4, -0.2) is 9.55 Å². The maximum atomic E-state index is 6.20. The van der Waals surface area contributed by atoms with Crippen LogP contribution < -0.4 is 0 Å². The van der Waals surface area contributed by atoms with E-state index in [1.807, 2.05) is 0 Å². The van der Waals surface area contributed by atoms with Crippen LogP contribution in [-0.2, 0) is 13.0 Å². The summed E-state index contributed by atoms with van der Waals surface area (Å²) in [6, 6.07) is 4.16. The first-order valence-electron chi connectivity index (χ1n) is 5.54. The number of halogens is 1. The van der Waals surface area contributed by atoms with Crippen molar-refractivity contribution in [3.05, 3.63) is 28.4 Å². The Hall–Kier alpha value is -0.800. The fraction of sp³-hybridized carbons (Fsp3) is 0.417. The molecule has 0 bridgehead atoms. The normalized spacial score (nSPS) is 19.8. The molecule has 1 aliphatic rings. The Balaban J connectivity index is 2.13. The number of fused-ring (bicyclic) bond motifs is 1. The molecule has 16 heavy (non-hydrogen) atoms. The highest BCUT2D eigenvalue weighted by atomic mass is 35.5. The van der Waals surface area contributed by atoms with Crippen LogP contribution >= 0.6 is 22.9 Å². The van der Waals surface area contributed by atoms with Gasteiger partial charge in [-0.2, -0.15) is 0 Å². The highest BCUT2D eigenvalue weighted by Crippen LogP contribution is 2.33. The number of hydrogen-bond donors (Lipinski definition) is 0. The lowest BCUT2D eigenvalue weighted by molar-refractivity contribution is 0.402. The molecule has 0 aromatic carbocycles. The fourth-order valence-corrected chi connectivity index (χ4v) is 3.27. The highest BCUT2D eigenvalue weighted by Gasteiger charge is 2.23. The molecule has 0 amide bonds. The number of thiophene rings is 1. The minimum atomic E-state index is 0.690. The number of nitrogens with zero attached hydrogens (tertiary/aromatic N) is 2. The summed E-state index contributed by atoms with van der Waals surface area (Å²) in [6.45, 7) is 3.33. The molecule has 0 radical (unpaired) electrons. The van der Waals surface area contributed by atoms with E-state index in [4.69, 9.17) is 11.6 Å². The van der Waals surface area contributed by atoms with Gasteiger partial charge in [0.25, 0.3) is 0 Å². The third kappa shape index (κ3) is 1.59. The van der Waals surface area contributed by atoms with Crippen LogP contribution in [0.25, 0.3) is 10.7 Å². The quantitative estimate of drug-likeness (QED) is 0.754. The van der Waals surface area contributed by atoms with Gasteiger partial charge < -0.3 is 4.57 Å². The predicted octanol–water partition coefficient (Wildman–Crippen LogP) is 3.85. The molecular weight excluding hydrogens is 240 g/mol. The number of imidazole rings is 1. The van der Waals surface area contributed by atoms with Gasteiger partial charge in [0.05, 0.1) is 10.6 Å². The SMILES string of the molecule is CC1CCc2c(Cl)nc(-c3cccs3)n2C1.